The van der Waals surface area contributed by atoms with Crippen molar-refractivity contribution in [3.8, 4) is 5.75 Å². The van der Waals surface area contributed by atoms with Gasteiger partial charge in [0.25, 0.3) is 11.5 Å². The summed E-state index contributed by atoms with van der Waals surface area (Å²) in [7, 11) is 1.77. The lowest BCUT2D eigenvalue weighted by molar-refractivity contribution is 0.0746. The van der Waals surface area contributed by atoms with E-state index in [9.17, 15) is 9.59 Å². The van der Waals surface area contributed by atoms with E-state index < -0.39 is 0 Å². The second-order valence-electron chi connectivity index (χ2n) is 9.06. The van der Waals surface area contributed by atoms with Crippen molar-refractivity contribution in [1.29, 1.82) is 0 Å². The molecule has 0 N–H and O–H groups in total. The number of benzene rings is 1. The minimum absolute atomic E-state index is 0.00138. The molecule has 4 rings (SSSR count). The highest BCUT2D eigenvalue weighted by Gasteiger charge is 2.27. The van der Waals surface area contributed by atoms with Crippen LogP contribution < -0.4 is 15.2 Å². The number of hydrogen-bond acceptors (Lipinski definition) is 6. The lowest BCUT2D eigenvalue weighted by atomic mass is 10.1. The third-order valence-electron chi connectivity index (χ3n) is 5.88. The van der Waals surface area contributed by atoms with E-state index in [1.807, 2.05) is 63.8 Å². The molecule has 0 unspecified atom stereocenters. The van der Waals surface area contributed by atoms with Crippen LogP contribution in [0.2, 0.25) is 0 Å². The smallest absolute Gasteiger partial charge is 0.281 e. The highest BCUT2D eigenvalue weighted by atomic mass is 16.5. The molecule has 1 aliphatic heterocycles. The summed E-state index contributed by atoms with van der Waals surface area (Å²) in [5.74, 6) is 1.39. The zero-order valence-electron chi connectivity index (χ0n) is 20.2. The molecule has 0 radical (unpaired) electrons. The fourth-order valence-electron chi connectivity index (χ4n) is 4.31. The number of amides is 1. The van der Waals surface area contributed by atoms with Gasteiger partial charge in [0.1, 0.15) is 11.3 Å². The van der Waals surface area contributed by atoms with Crippen molar-refractivity contribution in [3.05, 3.63) is 45.9 Å². The van der Waals surface area contributed by atoms with Crippen molar-refractivity contribution in [1.82, 2.24) is 24.2 Å². The molecular formula is C24H32N6O3. The summed E-state index contributed by atoms with van der Waals surface area (Å²) in [6.45, 7) is 12.1. The average Bonchev–Trinajstić information content (AvgIpc) is 3.06. The summed E-state index contributed by atoms with van der Waals surface area (Å²) in [6.07, 6.45) is 0.0890. The summed E-state index contributed by atoms with van der Waals surface area (Å²) in [4.78, 5) is 35.1. The number of piperazine rings is 1. The lowest BCUT2D eigenvalue weighted by Gasteiger charge is -2.36. The monoisotopic (exact) mass is 452 g/mol. The van der Waals surface area contributed by atoms with Crippen molar-refractivity contribution < 1.29 is 9.53 Å². The molecule has 3 heterocycles. The van der Waals surface area contributed by atoms with Crippen LogP contribution in [0.1, 0.15) is 49.8 Å². The second-order valence-corrected chi connectivity index (χ2v) is 9.06. The first-order valence-corrected chi connectivity index (χ1v) is 11.4. The number of ether oxygens (including phenoxy) is 1. The molecular weight excluding hydrogens is 420 g/mol. The Balaban J connectivity index is 1.54. The summed E-state index contributed by atoms with van der Waals surface area (Å²) in [5, 5.41) is 4.39. The third kappa shape index (κ3) is 4.31. The minimum atomic E-state index is -0.0877. The molecule has 0 bridgehead atoms. The van der Waals surface area contributed by atoms with Gasteiger partial charge in [-0.15, -0.1) is 0 Å². The van der Waals surface area contributed by atoms with E-state index in [1.165, 1.54) is 0 Å². The maximum Gasteiger partial charge on any atom is 0.281 e. The van der Waals surface area contributed by atoms with Crippen LogP contribution in [-0.2, 0) is 7.05 Å². The van der Waals surface area contributed by atoms with Crippen LogP contribution in [0.25, 0.3) is 11.0 Å². The minimum Gasteiger partial charge on any atom is -0.491 e. The molecule has 3 aromatic rings. The topological polar surface area (TPSA) is 85.5 Å². The van der Waals surface area contributed by atoms with Gasteiger partial charge in [0, 0.05) is 44.8 Å². The number of hydrogen-bond donors (Lipinski definition) is 0. The molecule has 1 fully saturated rings. The Hall–Kier alpha value is -3.36. The van der Waals surface area contributed by atoms with Gasteiger partial charge in [-0.2, -0.15) is 5.10 Å². The number of nitrogens with zero attached hydrogens (tertiary/aromatic N) is 6. The zero-order chi connectivity index (χ0) is 23.9. The molecule has 1 aliphatic rings. The van der Waals surface area contributed by atoms with Gasteiger partial charge in [-0.3, -0.25) is 18.8 Å². The van der Waals surface area contributed by atoms with Crippen molar-refractivity contribution in [2.24, 2.45) is 7.05 Å². The van der Waals surface area contributed by atoms with E-state index in [1.54, 1.807) is 16.3 Å². The standard InChI is InChI=1S/C24H32N6O3/c1-15(2)30-23(32)21-20(17(5)26-27(21)6)25-24(30)29-13-11-28(12-14-29)22(31)18-7-9-19(10-8-18)33-16(3)4/h7-10,15-16H,11-14H2,1-6H3. The zero-order valence-corrected chi connectivity index (χ0v) is 20.2. The van der Waals surface area contributed by atoms with Crippen LogP contribution in [0.15, 0.2) is 29.1 Å². The largest absolute Gasteiger partial charge is 0.491 e. The predicted octanol–water partition coefficient (Wildman–Crippen LogP) is 2.77. The normalized spacial score (nSPS) is 14.5. The number of fused-ring (bicyclic) bond motifs is 1. The maximum absolute atomic E-state index is 13.3. The van der Waals surface area contributed by atoms with E-state index in [2.05, 4.69) is 10.00 Å². The molecule has 1 amide bonds. The van der Waals surface area contributed by atoms with Gasteiger partial charge in [0.15, 0.2) is 5.52 Å². The number of carbonyl (C=O) groups is 1. The van der Waals surface area contributed by atoms with Gasteiger partial charge in [0.2, 0.25) is 5.95 Å². The molecule has 9 heteroatoms. The SMILES string of the molecule is Cc1nn(C)c2c(=O)n(C(C)C)c(N3CCN(C(=O)c4ccc(OC(C)C)cc4)CC3)nc12. The molecule has 1 aromatic carbocycles. The van der Waals surface area contributed by atoms with Crippen LogP contribution in [0, 0.1) is 6.92 Å². The van der Waals surface area contributed by atoms with Crippen molar-refractivity contribution >= 4 is 22.9 Å². The van der Waals surface area contributed by atoms with Crippen molar-refractivity contribution in [3.63, 3.8) is 0 Å². The van der Waals surface area contributed by atoms with Crippen LogP contribution in [0.5, 0.6) is 5.75 Å². The van der Waals surface area contributed by atoms with E-state index in [-0.39, 0.29) is 23.6 Å². The van der Waals surface area contributed by atoms with Crippen molar-refractivity contribution in [2.75, 3.05) is 31.1 Å². The molecule has 1 saturated heterocycles. The molecule has 0 saturated carbocycles. The fourth-order valence-corrected chi connectivity index (χ4v) is 4.31. The maximum atomic E-state index is 13.3. The van der Waals surface area contributed by atoms with E-state index in [4.69, 9.17) is 9.72 Å². The molecule has 0 aliphatic carbocycles. The molecule has 2 aromatic heterocycles. The quantitative estimate of drug-likeness (QED) is 0.592. The fraction of sp³-hybridized carbons (Fsp3) is 0.500. The summed E-state index contributed by atoms with van der Waals surface area (Å²) in [6, 6.07) is 7.23. The first-order valence-electron chi connectivity index (χ1n) is 11.4. The van der Waals surface area contributed by atoms with Crippen LogP contribution in [0.4, 0.5) is 5.95 Å². The first kappa shape index (κ1) is 22.8. The molecule has 9 nitrogen and oxygen atoms in total. The molecule has 33 heavy (non-hydrogen) atoms. The Labute approximate surface area is 193 Å². The van der Waals surface area contributed by atoms with Gasteiger partial charge < -0.3 is 14.5 Å². The number of aryl methyl sites for hydroxylation is 2. The van der Waals surface area contributed by atoms with E-state index >= 15 is 0 Å². The van der Waals surface area contributed by atoms with Gasteiger partial charge in [-0.25, -0.2) is 4.98 Å². The number of rotatable bonds is 5. The van der Waals surface area contributed by atoms with Gasteiger partial charge in [-0.1, -0.05) is 0 Å². The predicted molar refractivity (Wildman–Crippen MR) is 128 cm³/mol. The Morgan fingerprint density at radius 2 is 1.67 bits per heavy atom. The number of aromatic nitrogens is 4. The van der Waals surface area contributed by atoms with E-state index in [0.29, 0.717) is 48.7 Å². The third-order valence-corrected chi connectivity index (χ3v) is 5.88. The van der Waals surface area contributed by atoms with Crippen LogP contribution in [-0.4, -0.2) is 62.4 Å². The summed E-state index contributed by atoms with van der Waals surface area (Å²) < 4.78 is 9.00. The van der Waals surface area contributed by atoms with Crippen molar-refractivity contribution in [2.45, 2.75) is 46.8 Å². The molecule has 0 atom stereocenters. The molecule has 176 valence electrons. The molecule has 0 spiro atoms. The Morgan fingerprint density at radius 1 is 1.03 bits per heavy atom. The average molecular weight is 453 g/mol. The van der Waals surface area contributed by atoms with E-state index in [0.717, 1.165) is 11.4 Å². The van der Waals surface area contributed by atoms with Gasteiger partial charge in [-0.05, 0) is 58.9 Å². The Kier molecular flexibility index (Phi) is 6.14. The summed E-state index contributed by atoms with van der Waals surface area (Å²) >= 11 is 0. The number of carbonyl (C=O) groups excluding carboxylic acids is 1. The summed E-state index contributed by atoms with van der Waals surface area (Å²) in [5.41, 5.74) is 2.44. The highest BCUT2D eigenvalue weighted by molar-refractivity contribution is 5.94. The van der Waals surface area contributed by atoms with Crippen LogP contribution in [0.3, 0.4) is 0 Å². The van der Waals surface area contributed by atoms with Gasteiger partial charge in [0.05, 0.1) is 11.8 Å². The lowest BCUT2D eigenvalue weighted by Crippen LogP contribution is -2.50. The Bertz CT molecular complexity index is 1220. The van der Waals surface area contributed by atoms with Crippen LogP contribution >= 0.6 is 0 Å². The Morgan fingerprint density at radius 3 is 2.24 bits per heavy atom. The van der Waals surface area contributed by atoms with Gasteiger partial charge >= 0.3 is 0 Å². The highest BCUT2D eigenvalue weighted by Crippen LogP contribution is 2.22. The second kappa shape index (κ2) is 8.88. The number of anilines is 1. The first-order chi connectivity index (χ1) is 15.7.